The van der Waals surface area contributed by atoms with Gasteiger partial charge < -0.3 is 29.6 Å². The van der Waals surface area contributed by atoms with Gasteiger partial charge in [-0.3, -0.25) is 19.7 Å². The Balaban J connectivity index is 2.08. The number of amides is 2. The summed E-state index contributed by atoms with van der Waals surface area (Å²) in [4.78, 5) is 37.5. The van der Waals surface area contributed by atoms with Gasteiger partial charge in [-0.15, -0.1) is 0 Å². The second-order valence-corrected chi connectivity index (χ2v) is 7.42. The Morgan fingerprint density at radius 3 is 2.05 bits per heavy atom. The standard InChI is InChI=1S/C26H25N3O8/c1-34-18-11-9-16(10-12-18)25(30)28-20(26(31)27-19-7-5-6-8-22(19)35-2)13-17-14-23(36-3)24(37-4)15-21(17)29(32)33/h5-15H,1-4H3,(H,27,31)(H,28,30). The lowest BCUT2D eigenvalue weighted by atomic mass is 10.1. The summed E-state index contributed by atoms with van der Waals surface area (Å²) in [6, 6.07) is 15.4. The molecule has 0 aromatic heterocycles. The first-order chi connectivity index (χ1) is 17.8. The van der Waals surface area contributed by atoms with Gasteiger partial charge in [0.15, 0.2) is 11.5 Å². The smallest absolute Gasteiger partial charge is 0.280 e. The molecule has 0 spiro atoms. The Bertz CT molecular complexity index is 1340. The molecule has 11 heteroatoms. The van der Waals surface area contributed by atoms with Gasteiger partial charge in [0, 0.05) is 5.56 Å². The summed E-state index contributed by atoms with van der Waals surface area (Å²) in [6.07, 6.45) is 1.19. The van der Waals surface area contributed by atoms with E-state index in [4.69, 9.17) is 18.9 Å². The van der Waals surface area contributed by atoms with Crippen molar-refractivity contribution in [2.24, 2.45) is 0 Å². The molecule has 0 saturated carbocycles. The van der Waals surface area contributed by atoms with Crippen LogP contribution in [0.2, 0.25) is 0 Å². The number of nitro benzene ring substituents is 1. The Hall–Kier alpha value is -5.06. The van der Waals surface area contributed by atoms with Gasteiger partial charge in [-0.2, -0.15) is 0 Å². The number of carbonyl (C=O) groups is 2. The summed E-state index contributed by atoms with van der Waals surface area (Å²) in [6.45, 7) is 0. The van der Waals surface area contributed by atoms with Crippen molar-refractivity contribution in [3.8, 4) is 23.0 Å². The lowest BCUT2D eigenvalue weighted by Crippen LogP contribution is -2.30. The largest absolute Gasteiger partial charge is 0.497 e. The molecule has 0 fully saturated rings. The van der Waals surface area contributed by atoms with Crippen molar-refractivity contribution in [3.05, 3.63) is 87.6 Å². The number of hydrogen-bond acceptors (Lipinski definition) is 8. The molecule has 2 N–H and O–H groups in total. The van der Waals surface area contributed by atoms with Crippen LogP contribution < -0.4 is 29.6 Å². The number of carbonyl (C=O) groups excluding carboxylic acids is 2. The molecule has 192 valence electrons. The first kappa shape index (κ1) is 26.5. The average molecular weight is 507 g/mol. The first-order valence-corrected chi connectivity index (χ1v) is 10.8. The second kappa shape index (κ2) is 12.1. The zero-order chi connectivity index (χ0) is 26.9. The summed E-state index contributed by atoms with van der Waals surface area (Å²) in [5.41, 5.74) is -0.0520. The van der Waals surface area contributed by atoms with Crippen molar-refractivity contribution in [3.63, 3.8) is 0 Å². The molecular formula is C26H25N3O8. The van der Waals surface area contributed by atoms with E-state index in [9.17, 15) is 19.7 Å². The highest BCUT2D eigenvalue weighted by atomic mass is 16.6. The van der Waals surface area contributed by atoms with Gasteiger partial charge in [0.05, 0.1) is 50.7 Å². The topological polar surface area (TPSA) is 138 Å². The Morgan fingerprint density at radius 2 is 1.46 bits per heavy atom. The summed E-state index contributed by atoms with van der Waals surface area (Å²) in [5.74, 6) is -0.0995. The first-order valence-electron chi connectivity index (χ1n) is 10.8. The predicted molar refractivity (Wildman–Crippen MR) is 136 cm³/mol. The van der Waals surface area contributed by atoms with Crippen molar-refractivity contribution in [1.29, 1.82) is 0 Å². The average Bonchev–Trinajstić information content (AvgIpc) is 2.92. The minimum atomic E-state index is -0.740. The number of benzene rings is 3. The van der Waals surface area contributed by atoms with Gasteiger partial charge in [-0.05, 0) is 48.5 Å². The van der Waals surface area contributed by atoms with Crippen molar-refractivity contribution in [2.75, 3.05) is 33.8 Å². The molecule has 0 atom stereocenters. The van der Waals surface area contributed by atoms with Crippen molar-refractivity contribution >= 4 is 29.3 Å². The number of ether oxygens (including phenoxy) is 4. The third kappa shape index (κ3) is 6.34. The van der Waals surface area contributed by atoms with Crippen LogP contribution in [-0.2, 0) is 4.79 Å². The monoisotopic (exact) mass is 507 g/mol. The highest BCUT2D eigenvalue weighted by molar-refractivity contribution is 6.11. The number of nitro groups is 1. The normalized spacial score (nSPS) is 10.8. The molecule has 2 amide bonds. The molecule has 37 heavy (non-hydrogen) atoms. The van der Waals surface area contributed by atoms with E-state index < -0.39 is 16.7 Å². The number of anilines is 1. The van der Waals surface area contributed by atoms with E-state index in [0.717, 1.165) is 0 Å². The van der Waals surface area contributed by atoms with Crippen LogP contribution in [-0.4, -0.2) is 45.2 Å². The molecule has 0 radical (unpaired) electrons. The van der Waals surface area contributed by atoms with Gasteiger partial charge >= 0.3 is 0 Å². The highest BCUT2D eigenvalue weighted by Crippen LogP contribution is 2.35. The van der Waals surface area contributed by atoms with E-state index in [2.05, 4.69) is 10.6 Å². The molecule has 11 nitrogen and oxygen atoms in total. The van der Waals surface area contributed by atoms with Gasteiger partial charge in [-0.1, -0.05) is 12.1 Å². The molecule has 0 aliphatic heterocycles. The molecule has 0 saturated heterocycles. The van der Waals surface area contributed by atoms with Gasteiger partial charge in [0.25, 0.3) is 17.5 Å². The molecule has 3 rings (SSSR count). The molecule has 0 aliphatic carbocycles. The Kier molecular flexibility index (Phi) is 8.66. The molecule has 0 bridgehead atoms. The number of para-hydroxylation sites is 2. The van der Waals surface area contributed by atoms with Crippen LogP contribution in [0.1, 0.15) is 15.9 Å². The summed E-state index contributed by atoms with van der Waals surface area (Å²) in [7, 11) is 5.66. The molecule has 0 unspecified atom stereocenters. The predicted octanol–water partition coefficient (Wildman–Crippen LogP) is 4.04. The van der Waals surface area contributed by atoms with Crippen LogP contribution in [0, 0.1) is 10.1 Å². The fourth-order valence-corrected chi connectivity index (χ4v) is 3.35. The van der Waals surface area contributed by atoms with E-state index >= 15 is 0 Å². The number of hydrogen-bond donors (Lipinski definition) is 2. The lowest BCUT2D eigenvalue weighted by molar-refractivity contribution is -0.385. The highest BCUT2D eigenvalue weighted by Gasteiger charge is 2.22. The van der Waals surface area contributed by atoms with Crippen LogP contribution in [0.25, 0.3) is 6.08 Å². The number of rotatable bonds is 10. The van der Waals surface area contributed by atoms with E-state index in [1.807, 2.05) is 0 Å². The van der Waals surface area contributed by atoms with E-state index in [-0.39, 0.29) is 34.0 Å². The minimum Gasteiger partial charge on any atom is -0.497 e. The van der Waals surface area contributed by atoms with Crippen molar-refractivity contribution < 1.29 is 33.5 Å². The Morgan fingerprint density at radius 1 is 0.838 bits per heavy atom. The van der Waals surface area contributed by atoms with Crippen LogP contribution in [0.3, 0.4) is 0 Å². The zero-order valence-electron chi connectivity index (χ0n) is 20.6. The van der Waals surface area contributed by atoms with Crippen LogP contribution in [0.15, 0.2) is 66.4 Å². The molecular weight excluding hydrogens is 482 g/mol. The van der Waals surface area contributed by atoms with Crippen LogP contribution in [0.4, 0.5) is 11.4 Å². The maximum Gasteiger partial charge on any atom is 0.280 e. The van der Waals surface area contributed by atoms with E-state index in [0.29, 0.717) is 17.2 Å². The lowest BCUT2D eigenvalue weighted by Gasteiger charge is -2.14. The fraction of sp³-hybridized carbons (Fsp3) is 0.154. The third-order valence-electron chi connectivity index (χ3n) is 5.23. The fourth-order valence-electron chi connectivity index (χ4n) is 3.35. The van der Waals surface area contributed by atoms with Gasteiger partial charge in [0.2, 0.25) is 0 Å². The quantitative estimate of drug-likeness (QED) is 0.238. The number of nitrogens with one attached hydrogen (secondary N) is 2. The van der Waals surface area contributed by atoms with Crippen molar-refractivity contribution in [1.82, 2.24) is 5.32 Å². The molecule has 3 aromatic rings. The number of nitrogens with zero attached hydrogens (tertiary/aromatic N) is 1. The van der Waals surface area contributed by atoms with Gasteiger partial charge in [0.1, 0.15) is 17.2 Å². The van der Waals surface area contributed by atoms with Crippen LogP contribution >= 0.6 is 0 Å². The molecule has 0 heterocycles. The van der Waals surface area contributed by atoms with Gasteiger partial charge in [-0.25, -0.2) is 0 Å². The summed E-state index contributed by atoms with van der Waals surface area (Å²) in [5, 5.41) is 17.0. The van der Waals surface area contributed by atoms with Crippen LogP contribution in [0.5, 0.6) is 23.0 Å². The third-order valence-corrected chi connectivity index (χ3v) is 5.23. The summed E-state index contributed by atoms with van der Waals surface area (Å²) < 4.78 is 20.8. The molecule has 3 aromatic carbocycles. The molecule has 0 aliphatic rings. The zero-order valence-corrected chi connectivity index (χ0v) is 20.6. The maximum absolute atomic E-state index is 13.3. The SMILES string of the molecule is COc1ccc(C(=O)NC(=Cc2cc(OC)c(OC)cc2[N+](=O)[O-])C(=O)Nc2ccccc2OC)cc1. The van der Waals surface area contributed by atoms with E-state index in [1.54, 1.807) is 36.4 Å². The minimum absolute atomic E-state index is 0.00265. The summed E-state index contributed by atoms with van der Waals surface area (Å²) >= 11 is 0. The maximum atomic E-state index is 13.3. The van der Waals surface area contributed by atoms with E-state index in [1.165, 1.54) is 58.8 Å². The second-order valence-electron chi connectivity index (χ2n) is 7.42. The Labute approximate surface area is 212 Å². The number of methoxy groups -OCH3 is 4. The van der Waals surface area contributed by atoms with Crippen molar-refractivity contribution in [2.45, 2.75) is 0 Å².